The van der Waals surface area contributed by atoms with Crippen LogP contribution in [0.1, 0.15) is 41.0 Å². The topological polar surface area (TPSA) is 27.0 Å². The van der Waals surface area contributed by atoms with Crippen molar-refractivity contribution in [3.63, 3.8) is 0 Å². The largest absolute Gasteiger partial charge is 0.299 e. The van der Waals surface area contributed by atoms with Crippen molar-refractivity contribution in [1.82, 2.24) is 4.90 Å². The molecule has 0 aliphatic carbocycles. The molecule has 0 saturated heterocycles. The molecule has 0 fully saturated rings. The smallest absolute Gasteiger partial charge is 0.0638 e. The van der Waals surface area contributed by atoms with Gasteiger partial charge in [0.15, 0.2) is 0 Å². The maximum atomic E-state index is 8.68. The highest BCUT2D eigenvalue weighted by Crippen LogP contribution is 2.10. The van der Waals surface area contributed by atoms with Crippen LogP contribution in [0.15, 0.2) is 0 Å². The van der Waals surface area contributed by atoms with Gasteiger partial charge in [-0.15, -0.1) is 0 Å². The molecule has 0 aromatic heterocycles. The van der Waals surface area contributed by atoms with Gasteiger partial charge in [-0.1, -0.05) is 27.7 Å². The summed E-state index contributed by atoms with van der Waals surface area (Å²) >= 11 is 0. The Kier molecular flexibility index (Phi) is 6.57. The molecule has 0 spiro atoms. The second-order valence-corrected chi connectivity index (χ2v) is 4.95. The number of nitrogens with zero attached hydrogens (tertiary/aromatic N) is 2. The van der Waals surface area contributed by atoms with Gasteiger partial charge in [0.05, 0.1) is 12.5 Å². The summed E-state index contributed by atoms with van der Waals surface area (Å²) in [5.41, 5.74) is 0. The van der Waals surface area contributed by atoms with Crippen molar-refractivity contribution in [3.05, 3.63) is 0 Å². The van der Waals surface area contributed by atoms with E-state index < -0.39 is 0 Å². The van der Waals surface area contributed by atoms with E-state index in [2.05, 4.69) is 45.6 Å². The highest BCUT2D eigenvalue weighted by atomic mass is 15.1. The molecule has 0 N–H and O–H groups in total. The number of rotatable bonds is 6. The van der Waals surface area contributed by atoms with Crippen molar-refractivity contribution in [2.75, 3.05) is 13.1 Å². The SMILES string of the molecule is CC(C)CN(CC(C)C)C(C)CC#N. The lowest BCUT2D eigenvalue weighted by atomic mass is 10.1. The Morgan fingerprint density at radius 1 is 1.00 bits per heavy atom. The third kappa shape index (κ3) is 5.99. The van der Waals surface area contributed by atoms with Crippen LogP contribution < -0.4 is 0 Å². The van der Waals surface area contributed by atoms with Gasteiger partial charge in [-0.05, 0) is 18.8 Å². The number of nitriles is 1. The molecule has 1 atom stereocenters. The zero-order chi connectivity index (χ0) is 11.1. The summed E-state index contributed by atoms with van der Waals surface area (Å²) in [6, 6.07) is 2.65. The Labute approximate surface area is 88.9 Å². The van der Waals surface area contributed by atoms with Crippen LogP contribution >= 0.6 is 0 Å². The standard InChI is InChI=1S/C12H24N2/c1-10(2)8-14(9-11(3)4)12(5)6-7-13/h10-12H,6,8-9H2,1-5H3. The maximum Gasteiger partial charge on any atom is 0.0638 e. The van der Waals surface area contributed by atoms with Crippen LogP contribution in [0.5, 0.6) is 0 Å². The lowest BCUT2D eigenvalue weighted by Crippen LogP contribution is -2.38. The first-order chi connectivity index (χ1) is 6.47. The molecule has 0 aliphatic heterocycles. The molecule has 0 saturated carbocycles. The van der Waals surface area contributed by atoms with Crippen LogP contribution in [0.4, 0.5) is 0 Å². The van der Waals surface area contributed by atoms with Crippen molar-refractivity contribution < 1.29 is 0 Å². The highest BCUT2D eigenvalue weighted by Gasteiger charge is 2.15. The molecule has 0 heterocycles. The Morgan fingerprint density at radius 3 is 1.71 bits per heavy atom. The monoisotopic (exact) mass is 196 g/mol. The van der Waals surface area contributed by atoms with Crippen LogP contribution in [0.25, 0.3) is 0 Å². The van der Waals surface area contributed by atoms with Gasteiger partial charge in [0.1, 0.15) is 0 Å². The normalized spacial score (nSPS) is 13.6. The Bertz CT molecular complexity index is 169. The minimum absolute atomic E-state index is 0.393. The summed E-state index contributed by atoms with van der Waals surface area (Å²) in [5.74, 6) is 1.35. The Morgan fingerprint density at radius 2 is 1.43 bits per heavy atom. The quantitative estimate of drug-likeness (QED) is 0.653. The fourth-order valence-corrected chi connectivity index (χ4v) is 1.63. The zero-order valence-corrected chi connectivity index (χ0v) is 10.2. The molecule has 2 heteroatoms. The Hall–Kier alpha value is -0.550. The maximum absolute atomic E-state index is 8.68. The molecule has 0 aliphatic rings. The van der Waals surface area contributed by atoms with E-state index in [1.807, 2.05) is 0 Å². The third-order valence-electron chi connectivity index (χ3n) is 2.21. The molecular weight excluding hydrogens is 172 g/mol. The van der Waals surface area contributed by atoms with Crippen LogP contribution in [-0.4, -0.2) is 24.0 Å². The molecule has 0 aromatic carbocycles. The Balaban J connectivity index is 4.16. The average molecular weight is 196 g/mol. The zero-order valence-electron chi connectivity index (χ0n) is 10.2. The molecule has 14 heavy (non-hydrogen) atoms. The third-order valence-corrected chi connectivity index (χ3v) is 2.21. The number of hydrogen-bond acceptors (Lipinski definition) is 2. The van der Waals surface area contributed by atoms with Gasteiger partial charge in [-0.2, -0.15) is 5.26 Å². The van der Waals surface area contributed by atoms with E-state index in [1.54, 1.807) is 0 Å². The van der Waals surface area contributed by atoms with Crippen LogP contribution in [-0.2, 0) is 0 Å². The lowest BCUT2D eigenvalue weighted by Gasteiger charge is -2.30. The summed E-state index contributed by atoms with van der Waals surface area (Å²) in [4.78, 5) is 2.43. The average Bonchev–Trinajstić information content (AvgIpc) is 2.01. The van der Waals surface area contributed by atoms with Gasteiger partial charge in [-0.25, -0.2) is 0 Å². The summed E-state index contributed by atoms with van der Waals surface area (Å²) in [6.45, 7) is 13.3. The van der Waals surface area contributed by atoms with E-state index in [4.69, 9.17) is 5.26 Å². The van der Waals surface area contributed by atoms with Gasteiger partial charge < -0.3 is 0 Å². The molecule has 0 bridgehead atoms. The minimum Gasteiger partial charge on any atom is -0.299 e. The van der Waals surface area contributed by atoms with E-state index in [0.29, 0.717) is 24.3 Å². The molecule has 0 rings (SSSR count). The van der Waals surface area contributed by atoms with Crippen LogP contribution in [0.3, 0.4) is 0 Å². The van der Waals surface area contributed by atoms with Crippen molar-refractivity contribution in [2.24, 2.45) is 11.8 Å². The molecular formula is C12H24N2. The van der Waals surface area contributed by atoms with Crippen molar-refractivity contribution >= 4 is 0 Å². The predicted molar refractivity (Wildman–Crippen MR) is 60.9 cm³/mol. The summed E-state index contributed by atoms with van der Waals surface area (Å²) in [5, 5.41) is 8.68. The van der Waals surface area contributed by atoms with E-state index in [-0.39, 0.29) is 0 Å². The predicted octanol–water partition coefficient (Wildman–Crippen LogP) is 2.90. The molecule has 0 aromatic rings. The molecule has 2 nitrogen and oxygen atoms in total. The minimum atomic E-state index is 0.393. The van der Waals surface area contributed by atoms with Crippen LogP contribution in [0.2, 0.25) is 0 Å². The second-order valence-electron chi connectivity index (χ2n) is 4.95. The van der Waals surface area contributed by atoms with Gasteiger partial charge in [0.2, 0.25) is 0 Å². The molecule has 1 unspecified atom stereocenters. The summed E-state index contributed by atoms with van der Waals surface area (Å²) in [7, 11) is 0. The molecule has 0 radical (unpaired) electrons. The van der Waals surface area contributed by atoms with Crippen molar-refractivity contribution in [3.8, 4) is 6.07 Å². The second kappa shape index (κ2) is 6.84. The fraction of sp³-hybridized carbons (Fsp3) is 0.917. The first kappa shape index (κ1) is 13.4. The first-order valence-electron chi connectivity index (χ1n) is 5.58. The first-order valence-corrected chi connectivity index (χ1v) is 5.58. The van der Waals surface area contributed by atoms with Crippen LogP contribution in [0, 0.1) is 23.2 Å². The van der Waals surface area contributed by atoms with Crippen molar-refractivity contribution in [2.45, 2.75) is 47.1 Å². The van der Waals surface area contributed by atoms with Gasteiger partial charge in [0.25, 0.3) is 0 Å². The fourth-order valence-electron chi connectivity index (χ4n) is 1.63. The van der Waals surface area contributed by atoms with Gasteiger partial charge >= 0.3 is 0 Å². The van der Waals surface area contributed by atoms with E-state index in [0.717, 1.165) is 13.1 Å². The van der Waals surface area contributed by atoms with E-state index >= 15 is 0 Å². The lowest BCUT2D eigenvalue weighted by molar-refractivity contribution is 0.168. The van der Waals surface area contributed by atoms with E-state index in [1.165, 1.54) is 0 Å². The summed E-state index contributed by atoms with van der Waals surface area (Å²) in [6.07, 6.45) is 0.638. The number of hydrogen-bond donors (Lipinski definition) is 0. The molecule has 82 valence electrons. The van der Waals surface area contributed by atoms with Gasteiger partial charge in [-0.3, -0.25) is 4.90 Å². The van der Waals surface area contributed by atoms with Crippen molar-refractivity contribution in [1.29, 1.82) is 5.26 Å². The highest BCUT2D eigenvalue weighted by molar-refractivity contribution is 4.80. The van der Waals surface area contributed by atoms with E-state index in [9.17, 15) is 0 Å². The molecule has 0 amide bonds. The van der Waals surface area contributed by atoms with Gasteiger partial charge in [0, 0.05) is 19.1 Å². The summed E-state index contributed by atoms with van der Waals surface area (Å²) < 4.78 is 0.